The van der Waals surface area contributed by atoms with Crippen LogP contribution in [-0.4, -0.2) is 22.6 Å². The molecule has 0 aromatic heterocycles. The topological polar surface area (TPSA) is 92.6 Å². The first-order chi connectivity index (χ1) is 7.47. The molecule has 1 atom stereocenters. The Labute approximate surface area is 97.1 Å². The molecule has 94 valence electrons. The predicted molar refractivity (Wildman–Crippen MR) is 64.1 cm³/mol. The molecule has 0 bridgehead atoms. The number of rotatable bonds is 8. The zero-order valence-electron chi connectivity index (χ0n) is 10.1. The molecule has 0 fully saturated rings. The Bertz CT molecular complexity index is 241. The molecular formula is C11H23N3O2. The average Bonchev–Trinajstić information content (AvgIpc) is 2.17. The van der Waals surface area contributed by atoms with E-state index in [-0.39, 0.29) is 6.42 Å². The molecule has 0 saturated heterocycles. The van der Waals surface area contributed by atoms with Crippen molar-refractivity contribution in [1.82, 2.24) is 5.01 Å². The van der Waals surface area contributed by atoms with Crippen LogP contribution >= 0.6 is 0 Å². The molecule has 1 unspecified atom stereocenters. The summed E-state index contributed by atoms with van der Waals surface area (Å²) in [6, 6.07) is 0. The summed E-state index contributed by atoms with van der Waals surface area (Å²) in [6.07, 6.45) is 4.47. The molecule has 0 rings (SSSR count). The number of hydrazine groups is 1. The summed E-state index contributed by atoms with van der Waals surface area (Å²) in [4.78, 5) is 10.3. The summed E-state index contributed by atoms with van der Waals surface area (Å²) in [5, 5.41) is 9.93. The minimum Gasteiger partial charge on any atom is -0.481 e. The van der Waals surface area contributed by atoms with Gasteiger partial charge in [-0.15, -0.1) is 0 Å². The molecule has 0 amide bonds. The smallest absolute Gasteiger partial charge is 0.303 e. The van der Waals surface area contributed by atoms with E-state index in [0.717, 1.165) is 18.5 Å². The van der Waals surface area contributed by atoms with E-state index >= 15 is 0 Å². The van der Waals surface area contributed by atoms with E-state index in [9.17, 15) is 4.79 Å². The van der Waals surface area contributed by atoms with Crippen LogP contribution in [0.2, 0.25) is 0 Å². The molecule has 5 nitrogen and oxygen atoms in total. The number of aliphatic carboxylic acids is 1. The fraction of sp³-hybridized carbons (Fsp3) is 0.727. The van der Waals surface area contributed by atoms with E-state index in [1.54, 1.807) is 6.20 Å². The molecule has 0 aliphatic rings. The Hall–Kier alpha value is -1.23. The summed E-state index contributed by atoms with van der Waals surface area (Å²) in [5.41, 5.74) is 6.61. The van der Waals surface area contributed by atoms with Crippen molar-refractivity contribution in [3.63, 3.8) is 0 Å². The van der Waals surface area contributed by atoms with Gasteiger partial charge in [-0.05, 0) is 18.8 Å². The van der Waals surface area contributed by atoms with Crippen molar-refractivity contribution in [2.45, 2.75) is 39.5 Å². The Balaban J connectivity index is 3.94. The van der Waals surface area contributed by atoms with Gasteiger partial charge in [-0.25, -0.2) is 5.84 Å². The van der Waals surface area contributed by atoms with Crippen LogP contribution in [0.15, 0.2) is 11.9 Å². The number of carboxylic acids is 1. The van der Waals surface area contributed by atoms with E-state index in [0.29, 0.717) is 18.9 Å². The number of hydrogen-bond donors (Lipinski definition) is 3. The Morgan fingerprint density at radius 1 is 1.56 bits per heavy atom. The lowest BCUT2D eigenvalue weighted by atomic mass is 10.0. The van der Waals surface area contributed by atoms with Crippen molar-refractivity contribution in [3.8, 4) is 0 Å². The van der Waals surface area contributed by atoms with E-state index in [1.165, 1.54) is 5.01 Å². The molecule has 0 saturated carbocycles. The molecule has 0 heterocycles. The molecule has 5 N–H and O–H groups in total. The summed E-state index contributed by atoms with van der Waals surface area (Å²) in [5.74, 6) is 5.19. The van der Waals surface area contributed by atoms with Crippen LogP contribution in [0.4, 0.5) is 0 Å². The van der Waals surface area contributed by atoms with E-state index in [2.05, 4.69) is 13.8 Å². The van der Waals surface area contributed by atoms with Crippen LogP contribution in [0.1, 0.15) is 39.5 Å². The summed E-state index contributed by atoms with van der Waals surface area (Å²) in [6.45, 7) is 4.67. The number of carboxylic acid groups (broad SMARTS) is 1. The number of nitrogens with two attached hydrogens (primary N) is 2. The van der Waals surface area contributed by atoms with Crippen molar-refractivity contribution in [3.05, 3.63) is 11.9 Å². The normalized spacial score (nSPS) is 13.6. The third kappa shape index (κ3) is 7.11. The van der Waals surface area contributed by atoms with Crippen LogP contribution in [0.3, 0.4) is 0 Å². The van der Waals surface area contributed by atoms with Gasteiger partial charge >= 0.3 is 5.97 Å². The van der Waals surface area contributed by atoms with Crippen LogP contribution in [0, 0.1) is 5.92 Å². The largest absolute Gasteiger partial charge is 0.481 e. The minimum atomic E-state index is -0.801. The number of hydrogen-bond acceptors (Lipinski definition) is 4. The predicted octanol–water partition coefficient (Wildman–Crippen LogP) is 1.26. The van der Waals surface area contributed by atoms with Gasteiger partial charge in [0, 0.05) is 24.9 Å². The van der Waals surface area contributed by atoms with Gasteiger partial charge < -0.3 is 15.8 Å². The zero-order chi connectivity index (χ0) is 12.6. The first kappa shape index (κ1) is 14.8. The lowest BCUT2D eigenvalue weighted by molar-refractivity contribution is -0.137. The van der Waals surface area contributed by atoms with Crippen LogP contribution < -0.4 is 11.6 Å². The van der Waals surface area contributed by atoms with Crippen molar-refractivity contribution in [2.24, 2.45) is 17.5 Å². The maximum absolute atomic E-state index is 10.3. The van der Waals surface area contributed by atoms with Crippen LogP contribution in [0.25, 0.3) is 0 Å². The minimum absolute atomic E-state index is 0.131. The van der Waals surface area contributed by atoms with Crippen molar-refractivity contribution in [1.29, 1.82) is 0 Å². The number of nitrogens with zero attached hydrogens (tertiary/aromatic N) is 1. The van der Waals surface area contributed by atoms with E-state index < -0.39 is 5.97 Å². The monoisotopic (exact) mass is 229 g/mol. The molecule has 0 aliphatic heterocycles. The third-order valence-electron chi connectivity index (χ3n) is 2.41. The molecule has 16 heavy (non-hydrogen) atoms. The molecule has 0 radical (unpaired) electrons. The maximum atomic E-state index is 10.3. The summed E-state index contributed by atoms with van der Waals surface area (Å²) < 4.78 is 0. The van der Waals surface area contributed by atoms with Gasteiger partial charge in [-0.1, -0.05) is 20.3 Å². The highest BCUT2D eigenvalue weighted by Crippen LogP contribution is 2.11. The molecule has 5 heteroatoms. The Morgan fingerprint density at radius 3 is 2.69 bits per heavy atom. The van der Waals surface area contributed by atoms with Crippen molar-refractivity contribution >= 4 is 5.97 Å². The molecule has 0 aliphatic carbocycles. The second kappa shape index (κ2) is 7.98. The van der Waals surface area contributed by atoms with Gasteiger partial charge in [-0.2, -0.15) is 0 Å². The van der Waals surface area contributed by atoms with Gasteiger partial charge in [0.2, 0.25) is 0 Å². The maximum Gasteiger partial charge on any atom is 0.303 e. The lowest BCUT2D eigenvalue weighted by Crippen LogP contribution is -2.29. The van der Waals surface area contributed by atoms with Crippen LogP contribution in [0.5, 0.6) is 0 Å². The van der Waals surface area contributed by atoms with E-state index in [1.807, 2.05) is 0 Å². The SMILES string of the molecule is CCCC(C)/C(N)=C/N(N)CCCC(=O)O. The second-order valence-corrected chi connectivity index (χ2v) is 4.05. The first-order valence-corrected chi connectivity index (χ1v) is 5.67. The van der Waals surface area contributed by atoms with Crippen molar-refractivity contribution in [2.75, 3.05) is 6.54 Å². The number of carbonyl (C=O) groups is 1. The highest BCUT2D eigenvalue weighted by Gasteiger charge is 2.05. The van der Waals surface area contributed by atoms with Gasteiger partial charge in [0.25, 0.3) is 0 Å². The van der Waals surface area contributed by atoms with Gasteiger partial charge in [0.05, 0.1) is 0 Å². The highest BCUT2D eigenvalue weighted by atomic mass is 16.4. The molecule has 0 aromatic rings. The second-order valence-electron chi connectivity index (χ2n) is 4.05. The Kier molecular flexibility index (Phi) is 7.37. The van der Waals surface area contributed by atoms with Crippen LogP contribution in [-0.2, 0) is 4.79 Å². The van der Waals surface area contributed by atoms with Gasteiger partial charge in [-0.3, -0.25) is 4.79 Å². The zero-order valence-corrected chi connectivity index (χ0v) is 10.1. The standard InChI is InChI=1S/C11H23N3O2/c1-3-5-9(2)10(12)8-14(13)7-4-6-11(15)16/h8-9H,3-7,12-13H2,1-2H3,(H,15,16)/b10-8-. The fourth-order valence-corrected chi connectivity index (χ4v) is 1.40. The van der Waals surface area contributed by atoms with E-state index in [4.69, 9.17) is 16.7 Å². The average molecular weight is 229 g/mol. The third-order valence-corrected chi connectivity index (χ3v) is 2.41. The summed E-state index contributed by atoms with van der Waals surface area (Å²) >= 11 is 0. The van der Waals surface area contributed by atoms with Gasteiger partial charge in [0.1, 0.15) is 0 Å². The molecule has 0 spiro atoms. The quantitative estimate of drug-likeness (QED) is 0.430. The first-order valence-electron chi connectivity index (χ1n) is 5.67. The number of allylic oxidation sites excluding steroid dienone is 1. The fourth-order valence-electron chi connectivity index (χ4n) is 1.40. The lowest BCUT2D eigenvalue weighted by Gasteiger charge is -2.17. The molecule has 0 aromatic carbocycles. The molecular weight excluding hydrogens is 206 g/mol. The van der Waals surface area contributed by atoms with Gasteiger partial charge in [0.15, 0.2) is 0 Å². The van der Waals surface area contributed by atoms with Crippen molar-refractivity contribution < 1.29 is 9.90 Å². The summed E-state index contributed by atoms with van der Waals surface area (Å²) in [7, 11) is 0. The Morgan fingerprint density at radius 2 is 2.19 bits per heavy atom. The highest BCUT2D eigenvalue weighted by molar-refractivity contribution is 5.66.